The average molecular weight is 272 g/mol. The van der Waals surface area contributed by atoms with Crippen molar-refractivity contribution in [2.45, 2.75) is 25.3 Å². The van der Waals surface area contributed by atoms with Gasteiger partial charge in [-0.3, -0.25) is 0 Å². The number of halogens is 3. The molecule has 0 saturated heterocycles. The molecule has 1 nitrogen and oxygen atoms in total. The lowest BCUT2D eigenvalue weighted by molar-refractivity contribution is 0.439. The van der Waals surface area contributed by atoms with E-state index in [2.05, 4.69) is 5.32 Å². The third-order valence-electron chi connectivity index (χ3n) is 4.54. The van der Waals surface area contributed by atoms with Crippen LogP contribution in [0.5, 0.6) is 0 Å². The highest BCUT2D eigenvalue weighted by Crippen LogP contribution is 2.62. The molecular formula is C14H16ClF2N. The normalized spacial score (nSPS) is 31.2. The number of fused-ring (bicyclic) bond motifs is 1. The molecule has 0 bridgehead atoms. The molecule has 98 valence electrons. The predicted octanol–water partition coefficient (Wildman–Crippen LogP) is 3.92. The summed E-state index contributed by atoms with van der Waals surface area (Å²) in [6.07, 6.45) is 3.82. The first kappa shape index (κ1) is 12.4. The Morgan fingerprint density at radius 1 is 1.22 bits per heavy atom. The molecule has 1 N–H and O–H groups in total. The van der Waals surface area contributed by atoms with Crippen molar-refractivity contribution < 1.29 is 8.78 Å². The molecule has 0 aliphatic heterocycles. The Bertz CT molecular complexity index is 467. The molecule has 3 rings (SSSR count). The van der Waals surface area contributed by atoms with Gasteiger partial charge in [-0.15, -0.1) is 0 Å². The van der Waals surface area contributed by atoms with Gasteiger partial charge in [0.2, 0.25) is 0 Å². The van der Waals surface area contributed by atoms with Gasteiger partial charge >= 0.3 is 0 Å². The maximum Gasteiger partial charge on any atom is 0.160 e. The average Bonchev–Trinajstić information content (AvgIpc) is 2.81. The number of hydrogen-bond donors (Lipinski definition) is 1. The summed E-state index contributed by atoms with van der Waals surface area (Å²) in [6.45, 7) is 0. The lowest BCUT2D eigenvalue weighted by Gasteiger charge is -2.20. The minimum absolute atomic E-state index is 0.0444. The van der Waals surface area contributed by atoms with Gasteiger partial charge in [0.15, 0.2) is 11.6 Å². The molecule has 2 fully saturated rings. The molecule has 2 aliphatic rings. The quantitative estimate of drug-likeness (QED) is 0.822. The highest BCUT2D eigenvalue weighted by atomic mass is 35.5. The summed E-state index contributed by atoms with van der Waals surface area (Å²) in [4.78, 5) is 0. The zero-order valence-electron chi connectivity index (χ0n) is 10.2. The molecule has 4 heteroatoms. The van der Waals surface area contributed by atoms with E-state index in [1.165, 1.54) is 25.3 Å². The van der Waals surface area contributed by atoms with E-state index in [1.54, 1.807) is 0 Å². The molecule has 0 spiro atoms. The molecule has 0 aromatic heterocycles. The van der Waals surface area contributed by atoms with Crippen LogP contribution in [0.15, 0.2) is 12.1 Å². The van der Waals surface area contributed by atoms with Gasteiger partial charge in [-0.1, -0.05) is 18.0 Å². The Balaban J connectivity index is 1.90. The molecule has 18 heavy (non-hydrogen) atoms. The highest BCUT2D eigenvalue weighted by Gasteiger charge is 2.56. The molecule has 1 aromatic carbocycles. The minimum Gasteiger partial charge on any atom is -0.313 e. The lowest BCUT2D eigenvalue weighted by Crippen LogP contribution is -2.21. The van der Waals surface area contributed by atoms with Crippen molar-refractivity contribution in [1.82, 2.24) is 5.32 Å². The van der Waals surface area contributed by atoms with E-state index >= 15 is 0 Å². The standard InChI is InChI=1S/C14H16ClF2N/c1-18-14(13-7-3-2-4-8(7)13)9-5-11(16)12(17)6-10(9)15/h5-8,13-14,18H,2-4H2,1H3. The molecule has 2 saturated carbocycles. The van der Waals surface area contributed by atoms with Crippen molar-refractivity contribution in [3.05, 3.63) is 34.4 Å². The van der Waals surface area contributed by atoms with Crippen LogP contribution >= 0.6 is 11.6 Å². The van der Waals surface area contributed by atoms with Gasteiger partial charge in [0.1, 0.15) is 0 Å². The monoisotopic (exact) mass is 271 g/mol. The molecule has 0 amide bonds. The minimum atomic E-state index is -0.880. The van der Waals surface area contributed by atoms with Crippen LogP contribution in [0, 0.1) is 29.4 Å². The second-order valence-corrected chi connectivity index (χ2v) is 5.80. The molecular weight excluding hydrogens is 256 g/mol. The maximum atomic E-state index is 13.4. The van der Waals surface area contributed by atoms with E-state index in [1.807, 2.05) is 7.05 Å². The fourth-order valence-electron chi connectivity index (χ4n) is 3.70. The molecule has 3 unspecified atom stereocenters. The molecule has 0 heterocycles. The Hall–Kier alpha value is -0.670. The Kier molecular flexibility index (Phi) is 3.07. The van der Waals surface area contributed by atoms with Crippen molar-refractivity contribution in [2.75, 3.05) is 7.05 Å². The Morgan fingerprint density at radius 3 is 2.44 bits per heavy atom. The third kappa shape index (κ3) is 1.84. The summed E-state index contributed by atoms with van der Waals surface area (Å²) in [7, 11) is 1.86. The molecule has 1 aromatic rings. The third-order valence-corrected chi connectivity index (χ3v) is 4.87. The van der Waals surface area contributed by atoms with Crippen LogP contribution in [0.4, 0.5) is 8.78 Å². The van der Waals surface area contributed by atoms with Crippen LogP contribution in [-0.4, -0.2) is 7.05 Å². The number of hydrogen-bond acceptors (Lipinski definition) is 1. The van der Waals surface area contributed by atoms with Crippen LogP contribution in [-0.2, 0) is 0 Å². The number of rotatable bonds is 3. The zero-order valence-corrected chi connectivity index (χ0v) is 11.0. The van der Waals surface area contributed by atoms with E-state index in [9.17, 15) is 8.78 Å². The largest absolute Gasteiger partial charge is 0.313 e. The summed E-state index contributed by atoms with van der Waals surface area (Å²) in [5.74, 6) is 0.319. The van der Waals surface area contributed by atoms with Crippen LogP contribution in [0.1, 0.15) is 30.9 Å². The van der Waals surface area contributed by atoms with Crippen molar-refractivity contribution >= 4 is 11.6 Å². The topological polar surface area (TPSA) is 12.0 Å². The number of nitrogens with one attached hydrogen (secondary N) is 1. The predicted molar refractivity (Wildman–Crippen MR) is 67.5 cm³/mol. The van der Waals surface area contributed by atoms with E-state index in [4.69, 9.17) is 11.6 Å². The van der Waals surface area contributed by atoms with Crippen molar-refractivity contribution in [2.24, 2.45) is 17.8 Å². The van der Waals surface area contributed by atoms with E-state index in [-0.39, 0.29) is 6.04 Å². The summed E-state index contributed by atoms with van der Waals surface area (Å²) < 4.78 is 26.5. The van der Waals surface area contributed by atoms with Crippen LogP contribution < -0.4 is 5.32 Å². The maximum absolute atomic E-state index is 13.4. The SMILES string of the molecule is CNC(c1cc(F)c(F)cc1Cl)C1C2CCCC21. The van der Waals surface area contributed by atoms with Crippen LogP contribution in [0.3, 0.4) is 0 Å². The van der Waals surface area contributed by atoms with Gasteiger partial charge in [-0.25, -0.2) is 8.78 Å². The molecule has 0 radical (unpaired) electrons. The van der Waals surface area contributed by atoms with E-state index < -0.39 is 11.6 Å². The lowest BCUT2D eigenvalue weighted by atomic mass is 9.97. The first-order chi connectivity index (χ1) is 8.63. The van der Waals surface area contributed by atoms with Gasteiger partial charge in [0.05, 0.1) is 0 Å². The second-order valence-electron chi connectivity index (χ2n) is 5.39. The summed E-state index contributed by atoms with van der Waals surface area (Å²) in [5.41, 5.74) is 0.692. The van der Waals surface area contributed by atoms with Crippen molar-refractivity contribution in [1.29, 1.82) is 0 Å². The van der Waals surface area contributed by atoms with Crippen LogP contribution in [0.25, 0.3) is 0 Å². The van der Waals surface area contributed by atoms with Gasteiger partial charge in [0.25, 0.3) is 0 Å². The zero-order chi connectivity index (χ0) is 12.9. The van der Waals surface area contributed by atoms with E-state index in [0.717, 1.165) is 17.9 Å². The van der Waals surface area contributed by atoms with Gasteiger partial charge < -0.3 is 5.32 Å². The number of benzene rings is 1. The summed E-state index contributed by atoms with van der Waals surface area (Å²) in [6, 6.07) is 2.37. The van der Waals surface area contributed by atoms with E-state index in [0.29, 0.717) is 16.5 Å². The Labute approximate surface area is 111 Å². The Morgan fingerprint density at radius 2 is 1.83 bits per heavy atom. The first-order valence-electron chi connectivity index (χ1n) is 6.45. The molecule has 3 atom stereocenters. The fourth-order valence-corrected chi connectivity index (χ4v) is 3.97. The second kappa shape index (κ2) is 4.46. The fraction of sp³-hybridized carbons (Fsp3) is 0.571. The first-order valence-corrected chi connectivity index (χ1v) is 6.83. The van der Waals surface area contributed by atoms with Gasteiger partial charge in [0, 0.05) is 11.1 Å². The van der Waals surface area contributed by atoms with Gasteiger partial charge in [-0.2, -0.15) is 0 Å². The van der Waals surface area contributed by atoms with Crippen molar-refractivity contribution in [3.8, 4) is 0 Å². The molecule has 2 aliphatic carbocycles. The summed E-state index contributed by atoms with van der Waals surface area (Å²) in [5, 5.41) is 3.54. The van der Waals surface area contributed by atoms with Crippen molar-refractivity contribution in [3.63, 3.8) is 0 Å². The van der Waals surface area contributed by atoms with Gasteiger partial charge in [-0.05, 0) is 55.3 Å². The smallest absolute Gasteiger partial charge is 0.160 e. The summed E-state index contributed by atoms with van der Waals surface area (Å²) >= 11 is 6.06. The van der Waals surface area contributed by atoms with Crippen LogP contribution in [0.2, 0.25) is 5.02 Å². The highest BCUT2D eigenvalue weighted by molar-refractivity contribution is 6.31.